The number of carbonyl (C=O) groups excluding carboxylic acids is 1. The van der Waals surface area contributed by atoms with Gasteiger partial charge in [0.2, 0.25) is 0 Å². The zero-order valence-corrected chi connectivity index (χ0v) is 12.5. The van der Waals surface area contributed by atoms with E-state index in [0.29, 0.717) is 17.7 Å². The number of pyridine rings is 1. The first-order chi connectivity index (χ1) is 8.50. The molecular weight excluding hydrogens is 294 g/mol. The van der Waals surface area contributed by atoms with Gasteiger partial charge in [0.1, 0.15) is 5.69 Å². The van der Waals surface area contributed by atoms with E-state index in [1.54, 1.807) is 6.20 Å². The average molecular weight is 312 g/mol. The minimum absolute atomic E-state index is 0.0127. The molecule has 18 heavy (non-hydrogen) atoms. The maximum atomic E-state index is 12.4. The zero-order chi connectivity index (χ0) is 13.3. The van der Waals surface area contributed by atoms with Gasteiger partial charge in [0, 0.05) is 29.8 Å². The van der Waals surface area contributed by atoms with Gasteiger partial charge < -0.3 is 9.80 Å². The average Bonchev–Trinajstić information content (AvgIpc) is 2.71. The predicted molar refractivity (Wildman–Crippen MR) is 74.5 cm³/mol. The molecule has 4 nitrogen and oxygen atoms in total. The minimum Gasteiger partial charge on any atom is -0.335 e. The molecule has 2 rings (SSSR count). The predicted octanol–water partition coefficient (Wildman–Crippen LogP) is 1.87. The molecular formula is C13H18BrN3O. The quantitative estimate of drug-likeness (QED) is 0.836. The largest absolute Gasteiger partial charge is 0.335 e. The van der Waals surface area contributed by atoms with Crippen LogP contribution in [0.1, 0.15) is 17.4 Å². The van der Waals surface area contributed by atoms with Crippen LogP contribution in [-0.4, -0.2) is 53.9 Å². The van der Waals surface area contributed by atoms with E-state index in [2.05, 4.69) is 46.8 Å². The lowest BCUT2D eigenvalue weighted by Crippen LogP contribution is -2.36. The number of rotatable bonds is 2. The number of aromatic nitrogens is 1. The van der Waals surface area contributed by atoms with Crippen LogP contribution in [0.4, 0.5) is 0 Å². The Morgan fingerprint density at radius 2 is 2.22 bits per heavy atom. The van der Waals surface area contributed by atoms with E-state index in [0.717, 1.165) is 17.6 Å². The summed E-state index contributed by atoms with van der Waals surface area (Å²) in [6, 6.07) is 4.09. The van der Waals surface area contributed by atoms with Gasteiger partial charge in [-0.15, -0.1) is 0 Å². The van der Waals surface area contributed by atoms with Crippen LogP contribution in [0.15, 0.2) is 22.8 Å². The lowest BCUT2D eigenvalue weighted by atomic mass is 10.1. The van der Waals surface area contributed by atoms with Gasteiger partial charge in [-0.1, -0.05) is 6.92 Å². The van der Waals surface area contributed by atoms with E-state index >= 15 is 0 Å². The van der Waals surface area contributed by atoms with E-state index in [4.69, 9.17) is 0 Å². The van der Waals surface area contributed by atoms with Crippen LogP contribution in [0.25, 0.3) is 0 Å². The Kier molecular flexibility index (Phi) is 4.02. The van der Waals surface area contributed by atoms with Crippen LogP contribution in [-0.2, 0) is 0 Å². The Hall–Kier alpha value is -0.940. The highest BCUT2D eigenvalue weighted by atomic mass is 79.9. The Morgan fingerprint density at radius 1 is 1.50 bits per heavy atom. The molecule has 1 aromatic rings. The molecule has 1 aliphatic heterocycles. The van der Waals surface area contributed by atoms with Gasteiger partial charge in [-0.2, -0.15) is 0 Å². The van der Waals surface area contributed by atoms with Crippen LogP contribution < -0.4 is 0 Å². The summed E-state index contributed by atoms with van der Waals surface area (Å²) in [5.41, 5.74) is 0.504. The van der Waals surface area contributed by atoms with Crippen LogP contribution in [0.2, 0.25) is 0 Å². The summed E-state index contributed by atoms with van der Waals surface area (Å²) in [4.78, 5) is 20.6. The number of carbonyl (C=O) groups is 1. The van der Waals surface area contributed by atoms with E-state index in [9.17, 15) is 4.79 Å². The highest BCUT2D eigenvalue weighted by Crippen LogP contribution is 2.23. The third-order valence-corrected chi connectivity index (χ3v) is 4.12. The van der Waals surface area contributed by atoms with Gasteiger partial charge in [0.25, 0.3) is 5.91 Å². The molecule has 1 aliphatic rings. The number of likely N-dealkylation sites (N-methyl/N-ethyl adjacent to an activating group) is 1. The molecule has 0 saturated carbocycles. The number of likely N-dealkylation sites (tertiary alicyclic amines) is 1. The summed E-state index contributed by atoms with van der Waals surface area (Å²) in [7, 11) is 4.12. The van der Waals surface area contributed by atoms with Crippen molar-refractivity contribution in [3.05, 3.63) is 28.5 Å². The normalized spacial score (nSPS) is 23.7. The molecule has 1 fully saturated rings. The van der Waals surface area contributed by atoms with Crippen LogP contribution >= 0.6 is 15.9 Å². The van der Waals surface area contributed by atoms with E-state index in [1.807, 2.05) is 17.0 Å². The molecule has 2 unspecified atom stereocenters. The Morgan fingerprint density at radius 3 is 2.78 bits per heavy atom. The summed E-state index contributed by atoms with van der Waals surface area (Å²) < 4.78 is 0.760. The number of nitrogens with zero attached hydrogens (tertiary/aromatic N) is 3. The van der Waals surface area contributed by atoms with Gasteiger partial charge in [-0.25, -0.2) is 4.98 Å². The number of hydrogen-bond donors (Lipinski definition) is 0. The van der Waals surface area contributed by atoms with E-state index in [1.165, 1.54) is 0 Å². The summed E-state index contributed by atoms with van der Waals surface area (Å²) in [6.45, 7) is 3.76. The van der Waals surface area contributed by atoms with Crippen molar-refractivity contribution in [2.75, 3.05) is 27.2 Å². The molecule has 0 aliphatic carbocycles. The molecule has 0 radical (unpaired) electrons. The lowest BCUT2D eigenvalue weighted by molar-refractivity contribution is 0.0774. The molecule has 0 spiro atoms. The molecule has 0 N–H and O–H groups in total. The zero-order valence-electron chi connectivity index (χ0n) is 10.9. The van der Waals surface area contributed by atoms with E-state index in [-0.39, 0.29) is 5.91 Å². The van der Waals surface area contributed by atoms with Crippen molar-refractivity contribution in [1.29, 1.82) is 0 Å². The number of amides is 1. The molecule has 98 valence electrons. The monoisotopic (exact) mass is 311 g/mol. The number of hydrogen-bond acceptors (Lipinski definition) is 3. The molecule has 2 heterocycles. The molecule has 2 atom stereocenters. The maximum absolute atomic E-state index is 12.4. The molecule has 5 heteroatoms. The van der Waals surface area contributed by atoms with Gasteiger partial charge in [0.05, 0.1) is 0 Å². The second-order valence-corrected chi connectivity index (χ2v) is 5.91. The van der Waals surface area contributed by atoms with Gasteiger partial charge in [-0.05, 0) is 48.1 Å². The highest BCUT2D eigenvalue weighted by Gasteiger charge is 2.34. The molecule has 1 amide bonds. The third kappa shape index (κ3) is 2.57. The minimum atomic E-state index is 0.0127. The van der Waals surface area contributed by atoms with Crippen molar-refractivity contribution >= 4 is 21.8 Å². The van der Waals surface area contributed by atoms with Crippen molar-refractivity contribution in [3.63, 3.8) is 0 Å². The van der Waals surface area contributed by atoms with Crippen molar-refractivity contribution in [1.82, 2.24) is 14.8 Å². The van der Waals surface area contributed by atoms with E-state index < -0.39 is 0 Å². The van der Waals surface area contributed by atoms with Crippen molar-refractivity contribution < 1.29 is 4.79 Å². The topological polar surface area (TPSA) is 36.4 Å². The molecule has 0 aromatic carbocycles. The molecule has 1 saturated heterocycles. The molecule has 0 bridgehead atoms. The summed E-state index contributed by atoms with van der Waals surface area (Å²) in [6.07, 6.45) is 1.65. The van der Waals surface area contributed by atoms with Crippen LogP contribution in [0.3, 0.4) is 0 Å². The maximum Gasteiger partial charge on any atom is 0.273 e. The first-order valence-electron chi connectivity index (χ1n) is 6.07. The summed E-state index contributed by atoms with van der Waals surface area (Å²) in [5, 5.41) is 0. The van der Waals surface area contributed by atoms with Crippen molar-refractivity contribution in [3.8, 4) is 0 Å². The smallest absolute Gasteiger partial charge is 0.273 e. The van der Waals surface area contributed by atoms with Gasteiger partial charge in [0.15, 0.2) is 0 Å². The standard InChI is InChI=1S/C13H18BrN3O/c1-9-7-17(8-11(9)16(2)3)13(18)12-10(14)5-4-6-15-12/h4-6,9,11H,7-8H2,1-3H3. The van der Waals surface area contributed by atoms with Crippen molar-refractivity contribution in [2.45, 2.75) is 13.0 Å². The molecule has 1 aromatic heterocycles. The number of halogens is 1. The second kappa shape index (κ2) is 5.36. The Balaban J connectivity index is 2.15. The van der Waals surface area contributed by atoms with Crippen LogP contribution in [0, 0.1) is 5.92 Å². The SMILES string of the molecule is CC1CN(C(=O)c2ncccc2Br)CC1N(C)C. The Labute approximate surface area is 116 Å². The van der Waals surface area contributed by atoms with Gasteiger partial charge >= 0.3 is 0 Å². The second-order valence-electron chi connectivity index (χ2n) is 5.05. The third-order valence-electron chi connectivity index (χ3n) is 3.48. The first kappa shape index (κ1) is 13.5. The Bertz CT molecular complexity index is 450. The lowest BCUT2D eigenvalue weighted by Gasteiger charge is -2.22. The van der Waals surface area contributed by atoms with Gasteiger partial charge in [-0.3, -0.25) is 4.79 Å². The fourth-order valence-electron chi connectivity index (χ4n) is 2.48. The van der Waals surface area contributed by atoms with Crippen molar-refractivity contribution in [2.24, 2.45) is 5.92 Å². The summed E-state index contributed by atoms with van der Waals surface area (Å²) in [5.74, 6) is 0.505. The van der Waals surface area contributed by atoms with Crippen LogP contribution in [0.5, 0.6) is 0 Å². The fraction of sp³-hybridized carbons (Fsp3) is 0.538. The first-order valence-corrected chi connectivity index (χ1v) is 6.86. The summed E-state index contributed by atoms with van der Waals surface area (Å²) >= 11 is 3.38. The fourth-order valence-corrected chi connectivity index (χ4v) is 2.91. The highest BCUT2D eigenvalue weighted by molar-refractivity contribution is 9.10.